The maximum Gasteiger partial charge on any atom is 0.214 e. The van der Waals surface area contributed by atoms with Gasteiger partial charge in [0.05, 0.1) is 15.3 Å². The van der Waals surface area contributed by atoms with Gasteiger partial charge in [-0.3, -0.25) is 0 Å². The highest BCUT2D eigenvalue weighted by Crippen LogP contribution is 2.38. The molecule has 1 aromatic heterocycles. The van der Waals surface area contributed by atoms with Gasteiger partial charge in [-0.2, -0.15) is 0 Å². The molecule has 4 nitrogen and oxygen atoms in total. The van der Waals surface area contributed by atoms with Gasteiger partial charge in [0, 0.05) is 35.8 Å². The molecule has 0 atom stereocenters. The molecule has 1 aliphatic rings. The van der Waals surface area contributed by atoms with Gasteiger partial charge in [-0.25, -0.2) is 17.5 Å². The molecule has 1 fully saturated rings. The van der Waals surface area contributed by atoms with E-state index in [1.165, 1.54) is 12.1 Å². The molecule has 1 aliphatic carbocycles. The van der Waals surface area contributed by atoms with Crippen LogP contribution in [0.15, 0.2) is 36.5 Å². The number of rotatable bonds is 7. The number of hydrogen-bond acceptors (Lipinski definition) is 2. The summed E-state index contributed by atoms with van der Waals surface area (Å²) in [5, 5.41) is 1.35. The predicted molar refractivity (Wildman–Crippen MR) is 130 cm³/mol. The molecule has 1 N–H and O–H groups in total. The van der Waals surface area contributed by atoms with Crippen molar-refractivity contribution < 1.29 is 12.8 Å². The van der Waals surface area contributed by atoms with E-state index in [4.69, 9.17) is 23.2 Å². The molecule has 0 saturated heterocycles. The summed E-state index contributed by atoms with van der Waals surface area (Å²) in [6, 6.07) is 8.47. The third-order valence-electron chi connectivity index (χ3n) is 5.60. The molecule has 8 heteroatoms. The topological polar surface area (TPSA) is 51.1 Å². The van der Waals surface area contributed by atoms with E-state index in [2.05, 4.69) is 36.3 Å². The quantitative estimate of drug-likeness (QED) is 0.409. The fraction of sp³-hybridized carbons (Fsp3) is 0.417. The van der Waals surface area contributed by atoms with Crippen molar-refractivity contribution in [3.8, 4) is 11.1 Å². The van der Waals surface area contributed by atoms with Gasteiger partial charge in [-0.15, -0.1) is 0 Å². The van der Waals surface area contributed by atoms with Gasteiger partial charge >= 0.3 is 0 Å². The second kappa shape index (κ2) is 8.64. The summed E-state index contributed by atoms with van der Waals surface area (Å²) in [6.45, 7) is 7.41. The van der Waals surface area contributed by atoms with Gasteiger partial charge in [-0.05, 0) is 60.1 Å². The van der Waals surface area contributed by atoms with E-state index in [0.29, 0.717) is 18.7 Å². The molecule has 0 amide bonds. The summed E-state index contributed by atoms with van der Waals surface area (Å²) in [5.74, 6) is -0.474. The van der Waals surface area contributed by atoms with Gasteiger partial charge in [0.2, 0.25) is 10.0 Å². The molecule has 0 aliphatic heterocycles. The average Bonchev–Trinajstić information content (AvgIpc) is 3.46. The van der Waals surface area contributed by atoms with Crippen LogP contribution in [0, 0.1) is 11.2 Å². The lowest BCUT2D eigenvalue weighted by Gasteiger charge is -2.17. The number of nitrogens with one attached hydrogen (secondary N) is 1. The van der Waals surface area contributed by atoms with Gasteiger partial charge in [0.25, 0.3) is 0 Å². The maximum absolute atomic E-state index is 13.7. The summed E-state index contributed by atoms with van der Waals surface area (Å²) >= 11 is 12.6. The number of nitrogens with zero attached hydrogens (tertiary/aromatic N) is 1. The summed E-state index contributed by atoms with van der Waals surface area (Å²) in [6.07, 6.45) is 4.43. The largest absolute Gasteiger partial charge is 0.346 e. The zero-order chi connectivity index (χ0) is 23.3. The second-order valence-electron chi connectivity index (χ2n) is 9.70. The molecule has 0 spiro atoms. The Kier molecular flexibility index (Phi) is 6.36. The summed E-state index contributed by atoms with van der Waals surface area (Å²) in [4.78, 5) is 0. The Morgan fingerprint density at radius 1 is 1.12 bits per heavy atom. The zero-order valence-corrected chi connectivity index (χ0v) is 20.7. The van der Waals surface area contributed by atoms with Crippen LogP contribution in [0.5, 0.6) is 0 Å². The van der Waals surface area contributed by atoms with Crippen molar-refractivity contribution >= 4 is 44.1 Å². The molecular formula is C24H27Cl2FN2O2S. The fourth-order valence-corrected chi connectivity index (χ4v) is 6.09. The Balaban J connectivity index is 1.71. The first-order valence-corrected chi connectivity index (χ1v) is 13.0. The summed E-state index contributed by atoms with van der Waals surface area (Å²) < 4.78 is 42.8. The van der Waals surface area contributed by atoms with Crippen molar-refractivity contribution in [3.05, 3.63) is 58.0 Å². The molecule has 1 heterocycles. The molecule has 1 saturated carbocycles. The van der Waals surface area contributed by atoms with Crippen molar-refractivity contribution in [2.45, 2.75) is 51.8 Å². The van der Waals surface area contributed by atoms with Crippen LogP contribution in [0.25, 0.3) is 22.0 Å². The van der Waals surface area contributed by atoms with Crippen LogP contribution in [0.1, 0.15) is 39.2 Å². The van der Waals surface area contributed by atoms with E-state index in [9.17, 15) is 12.8 Å². The molecule has 0 radical (unpaired) electrons. The van der Waals surface area contributed by atoms with E-state index < -0.39 is 15.8 Å². The molecule has 172 valence electrons. The fourth-order valence-electron chi connectivity index (χ4n) is 4.05. The van der Waals surface area contributed by atoms with Crippen LogP contribution in [0.4, 0.5) is 4.39 Å². The molecule has 3 aromatic rings. The monoisotopic (exact) mass is 496 g/mol. The third-order valence-corrected chi connectivity index (χ3v) is 8.15. The minimum Gasteiger partial charge on any atom is -0.346 e. The number of sulfonamides is 1. The van der Waals surface area contributed by atoms with Crippen LogP contribution >= 0.6 is 23.2 Å². The smallest absolute Gasteiger partial charge is 0.214 e. The highest BCUT2D eigenvalue weighted by Gasteiger charge is 2.35. The summed E-state index contributed by atoms with van der Waals surface area (Å²) in [5.41, 5.74) is 3.65. The Hall–Kier alpha value is -1.60. The Labute approximate surface area is 198 Å². The highest BCUT2D eigenvalue weighted by molar-refractivity contribution is 7.90. The lowest BCUT2D eigenvalue weighted by molar-refractivity contribution is 0.412. The van der Waals surface area contributed by atoms with Crippen molar-refractivity contribution in [3.63, 3.8) is 0 Å². The minimum absolute atomic E-state index is 0.0633. The molecule has 4 rings (SSSR count). The number of aromatic nitrogens is 1. The third kappa shape index (κ3) is 5.14. The predicted octanol–water partition coefficient (Wildman–Crippen LogP) is 6.42. The number of fused-ring (bicyclic) bond motifs is 1. The normalized spacial score (nSPS) is 14.9. The number of hydrogen-bond donors (Lipinski definition) is 1. The van der Waals surface area contributed by atoms with Crippen LogP contribution in [0.2, 0.25) is 10.0 Å². The van der Waals surface area contributed by atoms with Crippen LogP contribution < -0.4 is 4.72 Å². The first-order chi connectivity index (χ1) is 14.9. The second-order valence-corrected chi connectivity index (χ2v) is 12.6. The highest BCUT2D eigenvalue weighted by atomic mass is 35.5. The minimum atomic E-state index is -3.21. The van der Waals surface area contributed by atoms with Crippen molar-refractivity contribution in [2.24, 2.45) is 5.41 Å². The number of benzene rings is 2. The van der Waals surface area contributed by atoms with Gasteiger partial charge in [-0.1, -0.05) is 50.0 Å². The van der Waals surface area contributed by atoms with Crippen molar-refractivity contribution in [1.82, 2.24) is 9.29 Å². The maximum atomic E-state index is 13.7. The van der Waals surface area contributed by atoms with Gasteiger partial charge in [0.15, 0.2) is 0 Å². The molecular weight excluding hydrogens is 470 g/mol. The Morgan fingerprint density at radius 3 is 2.38 bits per heavy atom. The van der Waals surface area contributed by atoms with E-state index in [0.717, 1.165) is 41.3 Å². The van der Waals surface area contributed by atoms with Crippen LogP contribution in [0.3, 0.4) is 0 Å². The lowest BCUT2D eigenvalue weighted by atomic mass is 9.87. The first kappa shape index (κ1) is 23.6. The number of halogens is 3. The zero-order valence-electron chi connectivity index (χ0n) is 18.4. The Bertz CT molecular complexity index is 1250. The molecule has 32 heavy (non-hydrogen) atoms. The van der Waals surface area contributed by atoms with E-state index in [1.54, 1.807) is 0 Å². The lowest BCUT2D eigenvalue weighted by Crippen LogP contribution is -2.30. The van der Waals surface area contributed by atoms with E-state index >= 15 is 0 Å². The average molecular weight is 497 g/mol. The first-order valence-electron chi connectivity index (χ1n) is 10.7. The standard InChI is InChI=1S/C24H27Cl2FN2O2S/c1-24(2,3)13-16-14-29(9-8-28-32(30,31)18-5-6-18)22-7-4-15(10-19(16)22)23-20(25)11-17(27)12-21(23)26/h4,7,10-12,14,18,28H,5-6,8-9,13H2,1-3H3. The van der Waals surface area contributed by atoms with Crippen LogP contribution in [-0.4, -0.2) is 24.8 Å². The van der Waals surface area contributed by atoms with Crippen molar-refractivity contribution in [2.75, 3.05) is 6.54 Å². The molecule has 0 unspecified atom stereocenters. The Morgan fingerprint density at radius 2 is 1.78 bits per heavy atom. The van der Waals surface area contributed by atoms with E-state index in [1.807, 2.05) is 18.2 Å². The van der Waals surface area contributed by atoms with Gasteiger partial charge in [0.1, 0.15) is 5.82 Å². The van der Waals surface area contributed by atoms with E-state index in [-0.39, 0.29) is 20.7 Å². The van der Waals surface area contributed by atoms with Crippen molar-refractivity contribution in [1.29, 1.82) is 0 Å². The SMILES string of the molecule is CC(C)(C)Cc1cn(CCNS(=O)(=O)C2CC2)c2ccc(-c3c(Cl)cc(F)cc3Cl)cc12. The molecule has 2 aromatic carbocycles. The summed E-state index contributed by atoms with van der Waals surface area (Å²) in [7, 11) is -3.21. The van der Waals surface area contributed by atoms with Crippen LogP contribution in [-0.2, 0) is 23.0 Å². The van der Waals surface area contributed by atoms with Gasteiger partial charge < -0.3 is 4.57 Å². The molecule has 0 bridgehead atoms.